The van der Waals surface area contributed by atoms with E-state index >= 15 is 0 Å². The maximum absolute atomic E-state index is 10.3. The first-order chi connectivity index (χ1) is 11.6. The smallest absolute Gasteiger partial charge is 0.161 e. The van der Waals surface area contributed by atoms with Crippen LogP contribution < -0.4 is 10.1 Å². The Morgan fingerprint density at radius 1 is 1.29 bits per heavy atom. The molecule has 2 aromatic carbocycles. The van der Waals surface area contributed by atoms with Gasteiger partial charge in [-0.25, -0.2) is 0 Å². The van der Waals surface area contributed by atoms with E-state index in [0.29, 0.717) is 25.3 Å². The van der Waals surface area contributed by atoms with Crippen molar-refractivity contribution in [2.24, 2.45) is 0 Å². The Morgan fingerprint density at radius 2 is 2.04 bits per heavy atom. The largest absolute Gasteiger partial charge is 0.504 e. The number of aromatic hydroxyl groups is 1. The van der Waals surface area contributed by atoms with Crippen molar-refractivity contribution >= 4 is 0 Å². The summed E-state index contributed by atoms with van der Waals surface area (Å²) in [4.78, 5) is 0. The molecule has 3 N–H and O–H groups in total. The van der Waals surface area contributed by atoms with Gasteiger partial charge in [-0.2, -0.15) is 0 Å². The average molecular weight is 327 g/mol. The van der Waals surface area contributed by atoms with Crippen LogP contribution in [0.3, 0.4) is 0 Å². The number of methoxy groups -OCH3 is 1. The molecule has 0 radical (unpaired) electrons. The fourth-order valence-electron chi connectivity index (χ4n) is 2.72. The predicted molar refractivity (Wildman–Crippen MR) is 96.4 cm³/mol. The molecule has 0 fully saturated rings. The molecule has 0 aliphatic rings. The van der Waals surface area contributed by atoms with Gasteiger partial charge in [0.15, 0.2) is 11.5 Å². The second-order valence-corrected chi connectivity index (χ2v) is 5.80. The average Bonchev–Trinajstić information content (AvgIpc) is 2.58. The molecule has 1 unspecified atom stereocenters. The van der Waals surface area contributed by atoms with Crippen LogP contribution in [0.15, 0.2) is 49.1 Å². The molecule has 0 saturated heterocycles. The van der Waals surface area contributed by atoms with E-state index in [9.17, 15) is 10.2 Å². The van der Waals surface area contributed by atoms with E-state index in [2.05, 4.69) is 11.9 Å². The van der Waals surface area contributed by atoms with Crippen LogP contribution in [0.25, 0.3) is 0 Å². The molecule has 0 amide bonds. The Balaban J connectivity index is 2.02. The number of ether oxygens (including phenoxy) is 1. The number of hydrogen-bond donors (Lipinski definition) is 3. The lowest BCUT2D eigenvalue weighted by Crippen LogP contribution is -2.21. The molecule has 0 saturated carbocycles. The van der Waals surface area contributed by atoms with Gasteiger partial charge in [-0.05, 0) is 36.1 Å². The Morgan fingerprint density at radius 3 is 2.71 bits per heavy atom. The third-order valence-electron chi connectivity index (χ3n) is 4.01. The van der Waals surface area contributed by atoms with Crippen molar-refractivity contribution in [1.82, 2.24) is 5.32 Å². The van der Waals surface area contributed by atoms with E-state index in [1.54, 1.807) is 12.1 Å². The van der Waals surface area contributed by atoms with Crippen molar-refractivity contribution in [3.63, 3.8) is 0 Å². The molecule has 2 aromatic rings. The molecule has 128 valence electrons. The number of allylic oxidation sites excluding steroid dienone is 1. The van der Waals surface area contributed by atoms with Gasteiger partial charge < -0.3 is 20.3 Å². The van der Waals surface area contributed by atoms with Crippen LogP contribution in [0.2, 0.25) is 0 Å². The van der Waals surface area contributed by atoms with Crippen molar-refractivity contribution in [2.75, 3.05) is 13.7 Å². The topological polar surface area (TPSA) is 61.7 Å². The van der Waals surface area contributed by atoms with E-state index in [1.165, 1.54) is 7.11 Å². The fraction of sp³-hybridized carbons (Fsp3) is 0.300. The zero-order valence-corrected chi connectivity index (χ0v) is 14.2. The SMILES string of the molecule is C=CCc1cc(CNCC(O)c2ccccc2C)cc(OC)c1O. The van der Waals surface area contributed by atoms with Gasteiger partial charge in [-0.1, -0.05) is 36.4 Å². The Bertz CT molecular complexity index is 697. The normalized spacial score (nSPS) is 12.0. The third kappa shape index (κ3) is 4.37. The maximum atomic E-state index is 10.3. The van der Waals surface area contributed by atoms with Gasteiger partial charge >= 0.3 is 0 Å². The summed E-state index contributed by atoms with van der Waals surface area (Å²) in [6.45, 7) is 6.72. The lowest BCUT2D eigenvalue weighted by molar-refractivity contribution is 0.173. The summed E-state index contributed by atoms with van der Waals surface area (Å²) >= 11 is 0. The van der Waals surface area contributed by atoms with E-state index in [4.69, 9.17) is 4.74 Å². The second-order valence-electron chi connectivity index (χ2n) is 5.80. The van der Waals surface area contributed by atoms with Crippen molar-refractivity contribution in [3.8, 4) is 11.5 Å². The summed E-state index contributed by atoms with van der Waals surface area (Å²) in [5.41, 5.74) is 3.77. The molecular weight excluding hydrogens is 302 g/mol. The van der Waals surface area contributed by atoms with Gasteiger partial charge in [0.2, 0.25) is 0 Å². The second kappa shape index (κ2) is 8.52. The number of hydrogen-bond acceptors (Lipinski definition) is 4. The summed E-state index contributed by atoms with van der Waals surface area (Å²) in [5, 5.41) is 23.7. The van der Waals surface area contributed by atoms with Crippen molar-refractivity contribution in [2.45, 2.75) is 26.0 Å². The van der Waals surface area contributed by atoms with Crippen LogP contribution in [-0.4, -0.2) is 23.9 Å². The molecule has 0 spiro atoms. The summed E-state index contributed by atoms with van der Waals surface area (Å²) in [6.07, 6.45) is 1.76. The summed E-state index contributed by atoms with van der Waals surface area (Å²) in [7, 11) is 1.53. The predicted octanol–water partition coefficient (Wildman–Crippen LogP) is 3.26. The van der Waals surface area contributed by atoms with Crippen molar-refractivity contribution in [1.29, 1.82) is 0 Å². The molecule has 4 nitrogen and oxygen atoms in total. The van der Waals surface area contributed by atoms with Gasteiger partial charge in [-0.15, -0.1) is 6.58 Å². The summed E-state index contributed by atoms with van der Waals surface area (Å²) in [6, 6.07) is 11.5. The zero-order valence-electron chi connectivity index (χ0n) is 14.2. The van der Waals surface area contributed by atoms with Crippen molar-refractivity contribution in [3.05, 3.63) is 71.3 Å². The van der Waals surface area contributed by atoms with Crippen LogP contribution in [-0.2, 0) is 13.0 Å². The number of nitrogens with one attached hydrogen (secondary N) is 1. The van der Waals surface area contributed by atoms with E-state index < -0.39 is 6.10 Å². The van der Waals surface area contributed by atoms with Crippen LogP contribution in [0.4, 0.5) is 0 Å². The molecular formula is C20H25NO3. The zero-order chi connectivity index (χ0) is 17.5. The molecule has 1 atom stereocenters. The number of aliphatic hydroxyl groups is 1. The molecule has 4 heteroatoms. The van der Waals surface area contributed by atoms with Crippen LogP contribution in [0.5, 0.6) is 11.5 Å². The molecule has 0 heterocycles. The molecule has 24 heavy (non-hydrogen) atoms. The lowest BCUT2D eigenvalue weighted by atomic mass is 10.0. The number of rotatable bonds is 8. The monoisotopic (exact) mass is 327 g/mol. The van der Waals surface area contributed by atoms with Gasteiger partial charge in [-0.3, -0.25) is 0 Å². The first-order valence-corrected chi connectivity index (χ1v) is 8.00. The van der Waals surface area contributed by atoms with Crippen LogP contribution >= 0.6 is 0 Å². The highest BCUT2D eigenvalue weighted by molar-refractivity contribution is 5.49. The van der Waals surface area contributed by atoms with E-state index in [0.717, 1.165) is 22.3 Å². The number of phenols is 1. The minimum absolute atomic E-state index is 0.154. The van der Waals surface area contributed by atoms with E-state index in [1.807, 2.05) is 37.3 Å². The quantitative estimate of drug-likeness (QED) is 0.651. The first-order valence-electron chi connectivity index (χ1n) is 8.00. The lowest BCUT2D eigenvalue weighted by Gasteiger charge is -2.16. The standard InChI is InChI=1S/C20H25NO3/c1-4-7-16-10-15(11-19(24-3)20(16)23)12-21-13-18(22)17-9-6-5-8-14(17)2/h4-6,8-11,18,21-23H,1,7,12-13H2,2-3H3. The van der Waals surface area contributed by atoms with Crippen LogP contribution in [0.1, 0.15) is 28.4 Å². The Labute approximate surface area is 143 Å². The first kappa shape index (κ1) is 18.0. The maximum Gasteiger partial charge on any atom is 0.161 e. The molecule has 0 bridgehead atoms. The summed E-state index contributed by atoms with van der Waals surface area (Å²) < 4.78 is 5.22. The van der Waals surface area contributed by atoms with Gasteiger partial charge in [0.1, 0.15) is 0 Å². The number of aryl methyl sites for hydroxylation is 1. The van der Waals surface area contributed by atoms with Gasteiger partial charge in [0.05, 0.1) is 13.2 Å². The molecule has 0 aromatic heterocycles. The minimum Gasteiger partial charge on any atom is -0.504 e. The Hall–Kier alpha value is -2.30. The Kier molecular flexibility index (Phi) is 6.41. The summed E-state index contributed by atoms with van der Waals surface area (Å²) in [5.74, 6) is 0.603. The number of phenolic OH excluding ortho intramolecular Hbond substituents is 1. The number of benzene rings is 2. The minimum atomic E-state index is -0.558. The third-order valence-corrected chi connectivity index (χ3v) is 4.01. The highest BCUT2D eigenvalue weighted by Crippen LogP contribution is 2.32. The number of aliphatic hydroxyl groups excluding tert-OH is 1. The molecule has 0 aliphatic heterocycles. The highest BCUT2D eigenvalue weighted by atomic mass is 16.5. The van der Waals surface area contributed by atoms with Crippen molar-refractivity contribution < 1.29 is 14.9 Å². The van der Waals surface area contributed by atoms with Gasteiger partial charge in [0, 0.05) is 18.7 Å². The fourth-order valence-corrected chi connectivity index (χ4v) is 2.72. The highest BCUT2D eigenvalue weighted by Gasteiger charge is 2.12. The van der Waals surface area contributed by atoms with Gasteiger partial charge in [0.25, 0.3) is 0 Å². The van der Waals surface area contributed by atoms with Crippen LogP contribution in [0, 0.1) is 6.92 Å². The molecule has 2 rings (SSSR count). The van der Waals surface area contributed by atoms with E-state index in [-0.39, 0.29) is 5.75 Å². The molecule has 0 aliphatic carbocycles.